The molecule has 1 saturated heterocycles. The number of hydrogen-bond donors (Lipinski definition) is 2. The molecule has 0 spiro atoms. The number of hydrogen-bond acceptors (Lipinski definition) is 6. The van der Waals surface area contributed by atoms with E-state index >= 15 is 0 Å². The fourth-order valence-electron chi connectivity index (χ4n) is 3.47. The van der Waals surface area contributed by atoms with Crippen molar-refractivity contribution in [3.05, 3.63) is 36.4 Å². The lowest BCUT2D eigenvalue weighted by Gasteiger charge is -2.35. The van der Waals surface area contributed by atoms with Crippen molar-refractivity contribution in [2.24, 2.45) is 0 Å². The largest absolute Gasteiger partial charge is 0.366 e. The molecular weight excluding hydrogens is 346 g/mol. The minimum Gasteiger partial charge on any atom is -0.366 e. The Morgan fingerprint density at radius 1 is 1.26 bits per heavy atom. The predicted octanol–water partition coefficient (Wildman–Crippen LogP) is 1.64. The molecular formula is C18H21N7O2. The highest BCUT2D eigenvalue weighted by Crippen LogP contribution is 2.39. The topological polar surface area (TPSA) is 103 Å². The highest BCUT2D eigenvalue weighted by atomic mass is 16.2. The van der Waals surface area contributed by atoms with Gasteiger partial charge in [0, 0.05) is 31.5 Å². The van der Waals surface area contributed by atoms with Crippen molar-refractivity contribution >= 4 is 29.3 Å². The lowest BCUT2D eigenvalue weighted by molar-refractivity contribution is 0.0938. The molecule has 1 atom stereocenters. The molecule has 2 bridgehead atoms. The van der Waals surface area contributed by atoms with E-state index in [1.165, 1.54) is 12.4 Å². The third kappa shape index (κ3) is 3.27. The van der Waals surface area contributed by atoms with Crippen LogP contribution in [0.3, 0.4) is 0 Å². The van der Waals surface area contributed by atoms with E-state index in [1.54, 1.807) is 17.2 Å². The maximum Gasteiger partial charge on any atom is 0.329 e. The van der Waals surface area contributed by atoms with Crippen molar-refractivity contribution in [2.45, 2.75) is 32.4 Å². The number of carbonyl (C=O) groups is 2. The first-order valence-electron chi connectivity index (χ1n) is 8.96. The Labute approximate surface area is 156 Å². The zero-order valence-corrected chi connectivity index (χ0v) is 15.2. The molecule has 1 fully saturated rings. The number of pyridine rings is 1. The summed E-state index contributed by atoms with van der Waals surface area (Å²) >= 11 is 0. The Hall–Kier alpha value is -3.23. The summed E-state index contributed by atoms with van der Waals surface area (Å²) in [6, 6.07) is 3.25. The van der Waals surface area contributed by atoms with Crippen molar-refractivity contribution < 1.29 is 9.59 Å². The third-order valence-electron chi connectivity index (χ3n) is 4.62. The van der Waals surface area contributed by atoms with Crippen LogP contribution in [0.2, 0.25) is 0 Å². The van der Waals surface area contributed by atoms with Gasteiger partial charge in [-0.3, -0.25) is 20.0 Å². The zero-order valence-electron chi connectivity index (χ0n) is 15.2. The lowest BCUT2D eigenvalue weighted by Crippen LogP contribution is -2.48. The molecule has 2 aliphatic heterocycles. The van der Waals surface area contributed by atoms with Gasteiger partial charge in [0.15, 0.2) is 11.6 Å². The molecule has 0 saturated carbocycles. The maximum atomic E-state index is 13.0. The van der Waals surface area contributed by atoms with Gasteiger partial charge in [-0.1, -0.05) is 0 Å². The van der Waals surface area contributed by atoms with Crippen molar-refractivity contribution in [1.29, 1.82) is 0 Å². The van der Waals surface area contributed by atoms with Crippen LogP contribution in [0.5, 0.6) is 0 Å². The zero-order chi connectivity index (χ0) is 19.0. The molecule has 9 heteroatoms. The van der Waals surface area contributed by atoms with Crippen molar-refractivity contribution in [1.82, 2.24) is 20.3 Å². The molecule has 9 nitrogen and oxygen atoms in total. The van der Waals surface area contributed by atoms with Gasteiger partial charge in [-0.25, -0.2) is 14.8 Å². The molecule has 3 amide bonds. The highest BCUT2D eigenvalue weighted by molar-refractivity contribution is 6.04. The molecule has 27 heavy (non-hydrogen) atoms. The minimum atomic E-state index is -0.322. The van der Waals surface area contributed by atoms with Crippen LogP contribution in [0, 0.1) is 0 Å². The van der Waals surface area contributed by atoms with Crippen molar-refractivity contribution in [3.8, 4) is 0 Å². The SMILES string of the molecule is CC(C)NC(=O)c1ccc2c(n1)N(C(=O)Nc1cnccn1)[C@H]1CCN2C1. The summed E-state index contributed by atoms with van der Waals surface area (Å²) in [7, 11) is 0. The van der Waals surface area contributed by atoms with E-state index in [4.69, 9.17) is 0 Å². The molecule has 2 N–H and O–H groups in total. The van der Waals surface area contributed by atoms with Gasteiger partial charge in [0.2, 0.25) is 0 Å². The van der Waals surface area contributed by atoms with Crippen LogP contribution in [-0.2, 0) is 0 Å². The van der Waals surface area contributed by atoms with Crippen molar-refractivity contribution in [3.63, 3.8) is 0 Å². The molecule has 2 aromatic heterocycles. The second-order valence-corrected chi connectivity index (χ2v) is 6.95. The second-order valence-electron chi connectivity index (χ2n) is 6.95. The van der Waals surface area contributed by atoms with Crippen LogP contribution in [0.25, 0.3) is 0 Å². The van der Waals surface area contributed by atoms with Crippen LogP contribution in [-0.4, -0.2) is 52.1 Å². The summed E-state index contributed by atoms with van der Waals surface area (Å²) in [4.78, 5) is 41.8. The lowest BCUT2D eigenvalue weighted by atomic mass is 10.1. The van der Waals surface area contributed by atoms with E-state index in [-0.39, 0.29) is 24.0 Å². The quantitative estimate of drug-likeness (QED) is 0.855. The fourth-order valence-corrected chi connectivity index (χ4v) is 3.47. The Morgan fingerprint density at radius 2 is 2.11 bits per heavy atom. The first-order chi connectivity index (χ1) is 13.0. The van der Waals surface area contributed by atoms with E-state index in [9.17, 15) is 9.59 Å². The number of aromatic nitrogens is 3. The summed E-state index contributed by atoms with van der Waals surface area (Å²) in [5, 5.41) is 5.61. The molecule has 140 valence electrons. The van der Waals surface area contributed by atoms with Gasteiger partial charge in [0.05, 0.1) is 17.9 Å². The average molecular weight is 367 g/mol. The number of carbonyl (C=O) groups excluding carboxylic acids is 2. The number of amides is 3. The number of rotatable bonds is 3. The summed E-state index contributed by atoms with van der Waals surface area (Å²) < 4.78 is 0. The molecule has 0 unspecified atom stereocenters. The summed E-state index contributed by atoms with van der Waals surface area (Å²) in [6.07, 6.45) is 5.40. The summed E-state index contributed by atoms with van der Waals surface area (Å²) in [5.74, 6) is 0.620. The molecule has 4 heterocycles. The first kappa shape index (κ1) is 17.2. The summed E-state index contributed by atoms with van der Waals surface area (Å²) in [6.45, 7) is 5.39. The smallest absolute Gasteiger partial charge is 0.329 e. The Kier molecular flexibility index (Phi) is 4.35. The van der Waals surface area contributed by atoms with Gasteiger partial charge in [-0.05, 0) is 32.4 Å². The van der Waals surface area contributed by atoms with Gasteiger partial charge >= 0.3 is 6.03 Å². The maximum absolute atomic E-state index is 13.0. The Balaban J connectivity index is 1.67. The van der Waals surface area contributed by atoms with Gasteiger partial charge in [0.1, 0.15) is 5.69 Å². The predicted molar refractivity (Wildman–Crippen MR) is 101 cm³/mol. The van der Waals surface area contributed by atoms with E-state index in [0.29, 0.717) is 17.3 Å². The van der Waals surface area contributed by atoms with E-state index in [0.717, 1.165) is 25.2 Å². The standard InChI is InChI=1S/C18H21N7O2/c1-11(2)21-17(26)13-3-4-14-16(22-13)25(12-5-8-24(14)10-12)18(27)23-15-9-19-6-7-20-15/h3-4,6-7,9,11-12H,5,8,10H2,1-2H3,(H,21,26)(H,20,23,27)/t12-/m0/s1. The average Bonchev–Trinajstić information content (AvgIpc) is 3.06. The first-order valence-corrected chi connectivity index (χ1v) is 8.96. The van der Waals surface area contributed by atoms with Gasteiger partial charge in [-0.15, -0.1) is 0 Å². The van der Waals surface area contributed by atoms with E-state index < -0.39 is 0 Å². The normalized spacial score (nSPS) is 17.7. The van der Waals surface area contributed by atoms with E-state index in [1.807, 2.05) is 19.9 Å². The number of anilines is 3. The number of fused-ring (bicyclic) bond motifs is 4. The van der Waals surface area contributed by atoms with Crippen LogP contribution >= 0.6 is 0 Å². The van der Waals surface area contributed by atoms with Crippen LogP contribution < -0.4 is 20.4 Å². The molecule has 0 aliphatic carbocycles. The van der Waals surface area contributed by atoms with Crippen LogP contribution in [0.1, 0.15) is 30.8 Å². The molecule has 2 aliphatic rings. The molecule has 0 aromatic carbocycles. The number of nitrogens with zero attached hydrogens (tertiary/aromatic N) is 5. The second kappa shape index (κ2) is 6.82. The Bertz CT molecular complexity index is 871. The monoisotopic (exact) mass is 367 g/mol. The molecule has 4 rings (SSSR count). The highest BCUT2D eigenvalue weighted by Gasteiger charge is 2.40. The number of nitrogens with one attached hydrogen (secondary N) is 2. The van der Waals surface area contributed by atoms with Gasteiger partial charge < -0.3 is 10.2 Å². The minimum absolute atomic E-state index is 0.00471. The van der Waals surface area contributed by atoms with E-state index in [2.05, 4.69) is 30.5 Å². The number of urea groups is 1. The summed E-state index contributed by atoms with van der Waals surface area (Å²) in [5.41, 5.74) is 1.15. The van der Waals surface area contributed by atoms with Crippen LogP contribution in [0.15, 0.2) is 30.7 Å². The molecule has 2 aromatic rings. The van der Waals surface area contributed by atoms with Gasteiger partial charge in [0.25, 0.3) is 5.91 Å². The van der Waals surface area contributed by atoms with Crippen molar-refractivity contribution in [2.75, 3.05) is 28.2 Å². The fraction of sp³-hybridized carbons (Fsp3) is 0.389. The third-order valence-corrected chi connectivity index (χ3v) is 4.62. The van der Waals surface area contributed by atoms with Gasteiger partial charge in [-0.2, -0.15) is 0 Å². The Morgan fingerprint density at radius 3 is 2.85 bits per heavy atom. The van der Waals surface area contributed by atoms with Crippen LogP contribution in [0.4, 0.5) is 22.1 Å². The molecule has 0 radical (unpaired) electrons.